The van der Waals surface area contributed by atoms with Gasteiger partial charge in [0.05, 0.1) is 34.1 Å². The molecule has 4 rings (SSSR count). The van der Waals surface area contributed by atoms with Gasteiger partial charge < -0.3 is 9.80 Å². The number of H-pyrrole nitrogens is 1. The van der Waals surface area contributed by atoms with Crippen molar-refractivity contribution in [2.24, 2.45) is 0 Å². The Morgan fingerprint density at radius 3 is 2.90 bits per heavy atom. The molecule has 8 nitrogen and oxygen atoms in total. The normalized spacial score (nSPS) is 16.2. The lowest BCUT2D eigenvalue weighted by molar-refractivity contribution is 0.0734. The van der Waals surface area contributed by atoms with Crippen molar-refractivity contribution in [3.05, 3.63) is 46.0 Å². The summed E-state index contributed by atoms with van der Waals surface area (Å²) in [5.74, 6) is 0.529. The molecule has 3 aromatic rings. The number of hydrogen-bond donors (Lipinski definition) is 1. The zero-order chi connectivity index (χ0) is 20.5. The number of nitrogens with zero attached hydrogens (tertiary/aromatic N) is 5. The quantitative estimate of drug-likeness (QED) is 0.649. The van der Waals surface area contributed by atoms with E-state index in [0.717, 1.165) is 29.8 Å². The third-order valence-electron chi connectivity index (χ3n) is 5.03. The molecule has 9 heteroatoms. The summed E-state index contributed by atoms with van der Waals surface area (Å²) in [6.45, 7) is 2.18. The largest absolute Gasteiger partial charge is 0.347 e. The van der Waals surface area contributed by atoms with E-state index in [1.165, 1.54) is 18.3 Å². The second-order valence-electron chi connectivity index (χ2n) is 7.25. The fraction of sp³-hybridized carbons (Fsp3) is 0.350. The molecule has 4 heterocycles. The highest BCUT2D eigenvalue weighted by molar-refractivity contribution is 7.12. The maximum absolute atomic E-state index is 13.1. The maximum atomic E-state index is 13.1. The summed E-state index contributed by atoms with van der Waals surface area (Å²) in [5.41, 5.74) is 3.07. The van der Waals surface area contributed by atoms with Crippen LogP contribution in [-0.2, 0) is 0 Å². The van der Waals surface area contributed by atoms with Gasteiger partial charge in [0.2, 0.25) is 5.95 Å². The van der Waals surface area contributed by atoms with E-state index >= 15 is 0 Å². The number of anilines is 1. The Hall–Kier alpha value is -3.07. The summed E-state index contributed by atoms with van der Waals surface area (Å²) in [5, 5.41) is 9.08. The lowest BCUT2D eigenvalue weighted by atomic mass is 10.0. The molecular weight excluding hydrogens is 388 g/mol. The van der Waals surface area contributed by atoms with Crippen molar-refractivity contribution in [1.82, 2.24) is 25.1 Å². The Labute approximate surface area is 172 Å². The van der Waals surface area contributed by atoms with Gasteiger partial charge in [-0.3, -0.25) is 14.7 Å². The molecule has 1 unspecified atom stereocenters. The minimum absolute atomic E-state index is 0.0247. The molecule has 29 heavy (non-hydrogen) atoms. The third-order valence-corrected chi connectivity index (χ3v) is 6.06. The molecule has 150 valence electrons. The standard InChI is InChI=1S/C20H22N6O2S/c1-12(27)17-9-13(11-29-17)19(28)26-8-4-5-16(26)18-14(10-22-24-18)15-6-7-21-20(23-15)25(2)3/h6-7,9-11,16H,4-5,8H2,1-3H3,(H,22,24). The number of rotatable bonds is 5. The van der Waals surface area contributed by atoms with Crippen LogP contribution in [0.4, 0.5) is 5.95 Å². The van der Waals surface area contributed by atoms with Crippen LogP contribution in [0, 0.1) is 0 Å². The number of thiophene rings is 1. The molecule has 3 aromatic heterocycles. The van der Waals surface area contributed by atoms with Crippen LogP contribution in [0.15, 0.2) is 29.9 Å². The van der Waals surface area contributed by atoms with Gasteiger partial charge in [0.15, 0.2) is 5.78 Å². The molecule has 1 N–H and O–H groups in total. The number of likely N-dealkylation sites (tertiary alicyclic amines) is 1. The molecule has 0 aromatic carbocycles. The van der Waals surface area contributed by atoms with Crippen molar-refractivity contribution in [3.8, 4) is 11.3 Å². The second-order valence-corrected chi connectivity index (χ2v) is 8.16. The van der Waals surface area contributed by atoms with Crippen LogP contribution in [0.1, 0.15) is 51.5 Å². The zero-order valence-corrected chi connectivity index (χ0v) is 17.4. The fourth-order valence-corrected chi connectivity index (χ4v) is 4.36. The van der Waals surface area contributed by atoms with Gasteiger partial charge in [-0.2, -0.15) is 5.10 Å². The Bertz CT molecular complexity index is 1060. The zero-order valence-electron chi connectivity index (χ0n) is 16.5. The summed E-state index contributed by atoms with van der Waals surface area (Å²) in [7, 11) is 3.78. The predicted molar refractivity (Wildman–Crippen MR) is 111 cm³/mol. The first-order chi connectivity index (χ1) is 14.0. The minimum atomic E-state index is -0.113. The first-order valence-corrected chi connectivity index (χ1v) is 10.3. The van der Waals surface area contributed by atoms with Crippen LogP contribution in [0.25, 0.3) is 11.3 Å². The fourth-order valence-electron chi connectivity index (χ4n) is 3.58. The number of aromatic nitrogens is 4. The highest BCUT2D eigenvalue weighted by Gasteiger charge is 2.34. The molecule has 1 aliphatic heterocycles. The summed E-state index contributed by atoms with van der Waals surface area (Å²) >= 11 is 1.31. The number of ketones is 1. The minimum Gasteiger partial charge on any atom is -0.347 e. The Kier molecular flexibility index (Phi) is 5.14. The number of carbonyl (C=O) groups is 2. The number of amides is 1. The first kappa shape index (κ1) is 19.3. The Balaban J connectivity index is 1.65. The molecule has 1 fully saturated rings. The number of Topliss-reactive ketones (excluding diaryl/α,β-unsaturated/α-hetero) is 1. The van der Waals surface area contributed by atoms with E-state index < -0.39 is 0 Å². The summed E-state index contributed by atoms with van der Waals surface area (Å²) in [6.07, 6.45) is 5.22. The summed E-state index contributed by atoms with van der Waals surface area (Å²) < 4.78 is 0. The number of aromatic amines is 1. The van der Waals surface area contributed by atoms with Gasteiger partial charge >= 0.3 is 0 Å². The van der Waals surface area contributed by atoms with E-state index in [1.807, 2.05) is 30.0 Å². The lowest BCUT2D eigenvalue weighted by Gasteiger charge is -2.24. The monoisotopic (exact) mass is 410 g/mol. The van der Waals surface area contributed by atoms with E-state index in [-0.39, 0.29) is 17.7 Å². The average Bonchev–Trinajstić information content (AvgIpc) is 3.47. The molecule has 1 saturated heterocycles. The average molecular weight is 411 g/mol. The van der Waals surface area contributed by atoms with Gasteiger partial charge in [-0.15, -0.1) is 11.3 Å². The molecule has 0 spiro atoms. The van der Waals surface area contributed by atoms with Crippen LogP contribution in [0.5, 0.6) is 0 Å². The molecule has 0 aliphatic carbocycles. The van der Waals surface area contributed by atoms with E-state index in [1.54, 1.807) is 23.8 Å². The highest BCUT2D eigenvalue weighted by Crippen LogP contribution is 2.37. The summed E-state index contributed by atoms with van der Waals surface area (Å²) in [4.78, 5) is 37.9. The number of nitrogens with one attached hydrogen (secondary N) is 1. The van der Waals surface area contributed by atoms with Crippen molar-refractivity contribution < 1.29 is 9.59 Å². The van der Waals surface area contributed by atoms with Gasteiger partial charge in [-0.1, -0.05) is 0 Å². The van der Waals surface area contributed by atoms with Gasteiger partial charge in [0, 0.05) is 37.8 Å². The SMILES string of the molecule is CC(=O)c1cc(C(=O)N2CCCC2c2[nH]ncc2-c2ccnc(N(C)C)n2)cs1. The number of hydrogen-bond acceptors (Lipinski definition) is 7. The lowest BCUT2D eigenvalue weighted by Crippen LogP contribution is -2.30. The predicted octanol–water partition coefficient (Wildman–Crippen LogP) is 3.17. The van der Waals surface area contributed by atoms with E-state index in [2.05, 4.69) is 20.2 Å². The number of carbonyl (C=O) groups excluding carboxylic acids is 2. The van der Waals surface area contributed by atoms with Crippen molar-refractivity contribution in [2.45, 2.75) is 25.8 Å². The third kappa shape index (κ3) is 3.65. The van der Waals surface area contributed by atoms with Crippen molar-refractivity contribution in [3.63, 3.8) is 0 Å². The van der Waals surface area contributed by atoms with Crippen molar-refractivity contribution in [1.29, 1.82) is 0 Å². The molecule has 1 aliphatic rings. The van der Waals surface area contributed by atoms with Crippen LogP contribution >= 0.6 is 11.3 Å². The molecule has 0 bridgehead atoms. The van der Waals surface area contributed by atoms with Crippen molar-refractivity contribution in [2.75, 3.05) is 25.5 Å². The second kappa shape index (κ2) is 7.75. The van der Waals surface area contributed by atoms with Gasteiger partial charge in [-0.25, -0.2) is 9.97 Å². The Morgan fingerprint density at radius 2 is 2.17 bits per heavy atom. The summed E-state index contributed by atoms with van der Waals surface area (Å²) in [6, 6.07) is 3.42. The van der Waals surface area contributed by atoms with Crippen molar-refractivity contribution >= 4 is 29.0 Å². The highest BCUT2D eigenvalue weighted by atomic mass is 32.1. The smallest absolute Gasteiger partial charge is 0.255 e. The van der Waals surface area contributed by atoms with Crippen LogP contribution in [-0.4, -0.2) is 57.4 Å². The van der Waals surface area contributed by atoms with Gasteiger partial charge in [-0.05, 0) is 31.9 Å². The first-order valence-electron chi connectivity index (χ1n) is 9.40. The van der Waals surface area contributed by atoms with Gasteiger partial charge in [0.1, 0.15) is 0 Å². The maximum Gasteiger partial charge on any atom is 0.255 e. The van der Waals surface area contributed by atoms with Crippen LogP contribution in [0.3, 0.4) is 0 Å². The van der Waals surface area contributed by atoms with E-state index in [9.17, 15) is 9.59 Å². The topological polar surface area (TPSA) is 95.1 Å². The molecular formula is C20H22N6O2S. The Morgan fingerprint density at radius 1 is 1.34 bits per heavy atom. The molecule has 1 amide bonds. The molecule has 0 saturated carbocycles. The van der Waals surface area contributed by atoms with Crippen LogP contribution < -0.4 is 4.90 Å². The molecule has 1 atom stereocenters. The molecule has 0 radical (unpaired) electrons. The van der Waals surface area contributed by atoms with E-state index in [4.69, 9.17) is 0 Å². The van der Waals surface area contributed by atoms with Gasteiger partial charge in [0.25, 0.3) is 5.91 Å². The van der Waals surface area contributed by atoms with E-state index in [0.29, 0.717) is 22.9 Å². The van der Waals surface area contributed by atoms with Crippen LogP contribution in [0.2, 0.25) is 0 Å².